The van der Waals surface area contributed by atoms with Crippen molar-refractivity contribution in [1.82, 2.24) is 10.2 Å². The van der Waals surface area contributed by atoms with E-state index in [0.29, 0.717) is 0 Å². The number of aromatic amines is 1. The molecule has 2 rings (SSSR count). The highest BCUT2D eigenvalue weighted by atomic mass is 32.2. The Morgan fingerprint density at radius 2 is 2.22 bits per heavy atom. The third-order valence-electron chi connectivity index (χ3n) is 3.34. The summed E-state index contributed by atoms with van der Waals surface area (Å²) < 4.78 is 17.2. The molecule has 0 aromatic carbocycles. The van der Waals surface area contributed by atoms with Gasteiger partial charge < -0.3 is 14.2 Å². The molecule has 1 aromatic rings. The Balaban J connectivity index is 2.35. The summed E-state index contributed by atoms with van der Waals surface area (Å²) in [5.41, 5.74) is 1.98. The fourth-order valence-corrected chi connectivity index (χ4v) is 4.27. The molecule has 1 aliphatic rings. The number of nitrogens with zero attached hydrogens (tertiary/aromatic N) is 1. The second-order valence-electron chi connectivity index (χ2n) is 5.43. The van der Waals surface area contributed by atoms with Crippen LogP contribution < -0.4 is 0 Å². The first kappa shape index (κ1) is 18.6. The molecule has 0 bridgehead atoms. The van der Waals surface area contributed by atoms with Crippen LogP contribution in [0.2, 0.25) is 0 Å². The number of H-pyrrole nitrogens is 1. The van der Waals surface area contributed by atoms with E-state index in [1.54, 1.807) is 23.5 Å². The molecular formula is C15H24N2O4S2. The Kier molecular flexibility index (Phi) is 6.82. The smallest absolute Gasteiger partial charge is 0.302 e. The maximum atomic E-state index is 11.2. The van der Waals surface area contributed by atoms with Crippen molar-refractivity contribution in [3.8, 4) is 0 Å². The Morgan fingerprint density at radius 1 is 1.48 bits per heavy atom. The summed E-state index contributed by atoms with van der Waals surface area (Å²) >= 11 is 3.36. The van der Waals surface area contributed by atoms with E-state index in [0.717, 1.165) is 22.0 Å². The van der Waals surface area contributed by atoms with Crippen LogP contribution in [0.15, 0.2) is 5.03 Å². The van der Waals surface area contributed by atoms with Crippen molar-refractivity contribution in [2.75, 3.05) is 18.6 Å². The van der Waals surface area contributed by atoms with Gasteiger partial charge in [0, 0.05) is 12.5 Å². The number of hydrogen-bond donors (Lipinski definition) is 1. The molecule has 1 aromatic heterocycles. The first-order chi connectivity index (χ1) is 11.0. The van der Waals surface area contributed by atoms with Gasteiger partial charge in [0.2, 0.25) is 6.29 Å². The molecule has 0 saturated heterocycles. The first-order valence-corrected chi connectivity index (χ1v) is 9.93. The second-order valence-corrected chi connectivity index (χ2v) is 7.64. The molecule has 0 saturated carbocycles. The van der Waals surface area contributed by atoms with E-state index in [9.17, 15) is 4.79 Å². The topological polar surface area (TPSA) is 73.4 Å². The van der Waals surface area contributed by atoms with Gasteiger partial charge in [0.05, 0.1) is 17.0 Å². The molecule has 0 radical (unpaired) electrons. The third-order valence-corrected chi connectivity index (χ3v) is 5.27. The minimum absolute atomic E-state index is 0.0126. The summed E-state index contributed by atoms with van der Waals surface area (Å²) in [6.45, 7) is 7.64. The molecule has 0 unspecified atom stereocenters. The Bertz CT molecular complexity index is 536. The molecular weight excluding hydrogens is 336 g/mol. The van der Waals surface area contributed by atoms with Crippen LogP contribution in [0.1, 0.15) is 50.5 Å². The quantitative estimate of drug-likeness (QED) is 0.590. The van der Waals surface area contributed by atoms with Gasteiger partial charge in [-0.2, -0.15) is 16.9 Å². The average molecular weight is 361 g/mol. The van der Waals surface area contributed by atoms with E-state index in [4.69, 9.17) is 14.2 Å². The maximum absolute atomic E-state index is 11.2. The van der Waals surface area contributed by atoms with Crippen LogP contribution >= 0.6 is 23.5 Å². The molecule has 3 atom stereocenters. The molecule has 1 N–H and O–H groups in total. The molecule has 0 amide bonds. The lowest BCUT2D eigenvalue weighted by Gasteiger charge is -2.36. The summed E-state index contributed by atoms with van der Waals surface area (Å²) in [4.78, 5) is 11.2. The van der Waals surface area contributed by atoms with Crippen molar-refractivity contribution in [2.45, 2.75) is 56.5 Å². The van der Waals surface area contributed by atoms with Crippen molar-refractivity contribution in [3.05, 3.63) is 11.3 Å². The highest BCUT2D eigenvalue weighted by Gasteiger charge is 2.41. The Labute approximate surface area is 145 Å². The van der Waals surface area contributed by atoms with Crippen LogP contribution in [0, 0.1) is 0 Å². The lowest BCUT2D eigenvalue weighted by molar-refractivity contribution is -0.212. The summed E-state index contributed by atoms with van der Waals surface area (Å²) in [6, 6.07) is 0. The molecule has 0 fully saturated rings. The second kappa shape index (κ2) is 8.41. The van der Waals surface area contributed by atoms with Crippen LogP contribution in [0.3, 0.4) is 0 Å². The number of rotatable bonds is 7. The largest absolute Gasteiger partial charge is 0.463 e. The zero-order chi connectivity index (χ0) is 17.0. The van der Waals surface area contributed by atoms with Crippen molar-refractivity contribution in [1.29, 1.82) is 0 Å². The lowest BCUT2D eigenvalue weighted by atomic mass is 10.0. The van der Waals surface area contributed by atoms with Crippen molar-refractivity contribution < 1.29 is 19.0 Å². The summed E-state index contributed by atoms with van der Waals surface area (Å²) in [7, 11) is 0. The highest BCUT2D eigenvalue weighted by Crippen LogP contribution is 2.47. The van der Waals surface area contributed by atoms with Crippen LogP contribution in [0.5, 0.6) is 0 Å². The number of carbonyl (C=O) groups is 1. The van der Waals surface area contributed by atoms with E-state index in [2.05, 4.69) is 17.1 Å². The number of carbonyl (C=O) groups excluding carboxylic acids is 1. The van der Waals surface area contributed by atoms with Crippen LogP contribution in [-0.4, -0.2) is 47.0 Å². The molecule has 23 heavy (non-hydrogen) atoms. The van der Waals surface area contributed by atoms with Crippen molar-refractivity contribution in [2.24, 2.45) is 0 Å². The molecule has 130 valence electrons. The van der Waals surface area contributed by atoms with E-state index < -0.39 is 6.29 Å². The fourth-order valence-electron chi connectivity index (χ4n) is 2.48. The number of esters is 1. The zero-order valence-corrected chi connectivity index (χ0v) is 15.8. The molecule has 0 aliphatic carbocycles. The number of ether oxygens (including phenoxy) is 3. The summed E-state index contributed by atoms with van der Waals surface area (Å²) in [6.07, 6.45) is 1.23. The molecule has 1 aliphatic heterocycles. The van der Waals surface area contributed by atoms with Gasteiger partial charge in [0.15, 0.2) is 0 Å². The number of nitrogens with one attached hydrogen (secondary N) is 1. The minimum Gasteiger partial charge on any atom is -0.463 e. The van der Waals surface area contributed by atoms with E-state index in [1.165, 1.54) is 6.92 Å². The van der Waals surface area contributed by atoms with Gasteiger partial charge in [0.1, 0.15) is 17.7 Å². The van der Waals surface area contributed by atoms with E-state index >= 15 is 0 Å². The van der Waals surface area contributed by atoms with Crippen LogP contribution in [0.4, 0.5) is 0 Å². The maximum Gasteiger partial charge on any atom is 0.302 e. The normalized spacial score (nSPS) is 23.8. The van der Waals surface area contributed by atoms with Crippen molar-refractivity contribution >= 4 is 29.5 Å². The van der Waals surface area contributed by atoms with Crippen LogP contribution in [-0.2, 0) is 19.0 Å². The minimum atomic E-state index is -0.521. The fraction of sp³-hybridized carbons (Fsp3) is 0.733. The van der Waals surface area contributed by atoms with Gasteiger partial charge in [-0.15, -0.1) is 11.8 Å². The molecule has 0 spiro atoms. The monoisotopic (exact) mass is 360 g/mol. The van der Waals surface area contributed by atoms with Gasteiger partial charge in [-0.1, -0.05) is 6.92 Å². The number of fused-ring (bicyclic) bond motifs is 1. The van der Waals surface area contributed by atoms with Gasteiger partial charge in [-0.05, 0) is 25.9 Å². The predicted octanol–water partition coefficient (Wildman–Crippen LogP) is 3.31. The van der Waals surface area contributed by atoms with Gasteiger partial charge in [-0.25, -0.2) is 0 Å². The Hall–Kier alpha value is -0.700. The van der Waals surface area contributed by atoms with E-state index in [-0.39, 0.29) is 30.0 Å². The molecule has 6 nitrogen and oxygen atoms in total. The number of aromatic nitrogens is 2. The van der Waals surface area contributed by atoms with Gasteiger partial charge in [-0.3, -0.25) is 9.89 Å². The zero-order valence-electron chi connectivity index (χ0n) is 14.1. The number of thioether (sulfide) groups is 2. The van der Waals surface area contributed by atoms with Gasteiger partial charge in [0.25, 0.3) is 0 Å². The lowest BCUT2D eigenvalue weighted by Crippen LogP contribution is -2.35. The molecule has 8 heteroatoms. The third kappa shape index (κ3) is 4.43. The summed E-state index contributed by atoms with van der Waals surface area (Å²) in [5, 5.41) is 8.46. The SMILES string of the molecule is CCS[C@@H]1c2c(SC)n[nH]c2[C@@H](OC(C)C)O[C@@H]1COC(C)=O. The average Bonchev–Trinajstić information content (AvgIpc) is 2.91. The van der Waals surface area contributed by atoms with Crippen LogP contribution in [0.25, 0.3) is 0 Å². The van der Waals surface area contributed by atoms with Gasteiger partial charge >= 0.3 is 5.97 Å². The van der Waals surface area contributed by atoms with Crippen molar-refractivity contribution in [3.63, 3.8) is 0 Å². The first-order valence-electron chi connectivity index (χ1n) is 7.65. The predicted molar refractivity (Wildman–Crippen MR) is 91.7 cm³/mol. The summed E-state index contributed by atoms with van der Waals surface area (Å²) in [5.74, 6) is 0.622. The highest BCUT2D eigenvalue weighted by molar-refractivity contribution is 8.00. The standard InChI is InChI=1S/C15H24N2O4S2/c1-6-23-13-10(7-19-9(4)18)21-15(20-8(2)3)12-11(13)14(22-5)17-16-12/h8,10,13,15H,6-7H2,1-5H3,(H,16,17)/t10-,13+,15+/m1/s1. The number of hydrogen-bond acceptors (Lipinski definition) is 7. The van der Waals surface area contributed by atoms with E-state index in [1.807, 2.05) is 20.1 Å². The Morgan fingerprint density at radius 3 is 2.78 bits per heavy atom. The molecule has 2 heterocycles.